The van der Waals surface area contributed by atoms with E-state index in [1.165, 1.54) is 65.8 Å². The predicted molar refractivity (Wildman–Crippen MR) is 131 cm³/mol. The summed E-state index contributed by atoms with van der Waals surface area (Å²) in [5, 5.41) is 0. The summed E-state index contributed by atoms with van der Waals surface area (Å²) in [6, 6.07) is 14.8. The number of amides is 2. The molecule has 1 aliphatic heterocycles. The number of fused-ring (bicyclic) bond motifs is 5. The zero-order chi connectivity index (χ0) is 26.4. The van der Waals surface area contributed by atoms with Gasteiger partial charge in [-0.05, 0) is 78.9 Å². The van der Waals surface area contributed by atoms with Crippen LogP contribution in [0.25, 0.3) is 0 Å². The Bertz CT molecular complexity index is 1440. The van der Waals surface area contributed by atoms with E-state index in [1.807, 2.05) is 12.2 Å². The summed E-state index contributed by atoms with van der Waals surface area (Å²) in [4.78, 5) is 64.0. The first kappa shape index (κ1) is 23.6. The lowest BCUT2D eigenvalue weighted by atomic mass is 9.85. The number of ether oxygens (including phenoxy) is 2. The van der Waals surface area contributed by atoms with Gasteiger partial charge in [-0.15, -0.1) is 0 Å². The van der Waals surface area contributed by atoms with E-state index in [1.54, 1.807) is 6.07 Å². The number of benzene rings is 2. The van der Waals surface area contributed by atoms with E-state index >= 15 is 0 Å². The molecule has 2 amide bonds. The molecule has 38 heavy (non-hydrogen) atoms. The number of rotatable bonds is 7. The fourth-order valence-corrected chi connectivity index (χ4v) is 5.46. The van der Waals surface area contributed by atoms with Crippen LogP contribution < -0.4 is 9.64 Å². The molecule has 4 unspecified atom stereocenters. The Balaban J connectivity index is 1.04. The van der Waals surface area contributed by atoms with Crippen LogP contribution >= 0.6 is 0 Å². The number of hydrogen-bond acceptors (Lipinski definition) is 8. The number of carbonyl (C=O) groups is 5. The van der Waals surface area contributed by atoms with E-state index in [2.05, 4.69) is 0 Å². The zero-order valence-electron chi connectivity index (χ0n) is 19.9. The molecule has 190 valence electrons. The molecule has 0 radical (unpaired) electrons. The van der Waals surface area contributed by atoms with Gasteiger partial charge < -0.3 is 13.9 Å². The maximum absolute atomic E-state index is 13.0. The molecule has 3 aliphatic rings. The van der Waals surface area contributed by atoms with Crippen molar-refractivity contribution in [3.63, 3.8) is 0 Å². The van der Waals surface area contributed by atoms with Gasteiger partial charge in [0, 0.05) is 5.56 Å². The van der Waals surface area contributed by atoms with Crippen molar-refractivity contribution in [3.05, 3.63) is 96.0 Å². The number of Topliss-reactive ketones (excluding diaryl/α,β-unsaturated/α-hetero) is 1. The van der Waals surface area contributed by atoms with Gasteiger partial charge in [-0.25, -0.2) is 9.59 Å². The molecule has 2 bridgehead atoms. The summed E-state index contributed by atoms with van der Waals surface area (Å²) in [5.41, 5.74) is 0.864. The number of imide groups is 1. The molecule has 1 saturated heterocycles. The molecular formula is C29H21NO8. The van der Waals surface area contributed by atoms with Gasteiger partial charge in [-0.3, -0.25) is 19.3 Å². The fourth-order valence-electron chi connectivity index (χ4n) is 5.46. The molecule has 1 aromatic heterocycles. The smallest absolute Gasteiger partial charge is 0.379 e. The Morgan fingerprint density at radius 2 is 1.45 bits per heavy atom. The van der Waals surface area contributed by atoms with Gasteiger partial charge in [0.1, 0.15) is 5.75 Å². The fraction of sp³-hybridized carbons (Fsp3) is 0.207. The number of hydrogen-bond donors (Lipinski definition) is 0. The van der Waals surface area contributed by atoms with Gasteiger partial charge in [0.2, 0.25) is 17.6 Å². The van der Waals surface area contributed by atoms with Gasteiger partial charge in [0.15, 0.2) is 12.4 Å². The van der Waals surface area contributed by atoms with Crippen molar-refractivity contribution < 1.29 is 37.9 Å². The lowest BCUT2D eigenvalue weighted by Crippen LogP contribution is -2.32. The third kappa shape index (κ3) is 4.02. The summed E-state index contributed by atoms with van der Waals surface area (Å²) in [6.07, 6.45) is 6.28. The van der Waals surface area contributed by atoms with E-state index < -0.39 is 24.3 Å². The van der Waals surface area contributed by atoms with Gasteiger partial charge >= 0.3 is 11.9 Å². The Kier molecular flexibility index (Phi) is 5.75. The van der Waals surface area contributed by atoms with Gasteiger partial charge in [0.05, 0.1) is 29.3 Å². The van der Waals surface area contributed by atoms with E-state index in [4.69, 9.17) is 13.9 Å². The minimum Gasteiger partial charge on any atom is -0.457 e. The van der Waals surface area contributed by atoms with Crippen molar-refractivity contribution in [1.82, 2.24) is 0 Å². The first-order valence-electron chi connectivity index (χ1n) is 12.1. The van der Waals surface area contributed by atoms with Crippen LogP contribution in [0, 0.1) is 23.7 Å². The van der Waals surface area contributed by atoms with Crippen LogP contribution in [0.1, 0.15) is 37.7 Å². The Hall–Kier alpha value is -4.79. The zero-order valence-corrected chi connectivity index (χ0v) is 19.9. The molecule has 9 nitrogen and oxygen atoms in total. The van der Waals surface area contributed by atoms with Gasteiger partial charge in [-0.2, -0.15) is 0 Å². The summed E-state index contributed by atoms with van der Waals surface area (Å²) in [7, 11) is 0. The normalized spacial score (nSPS) is 23.0. The second-order valence-electron chi connectivity index (χ2n) is 9.45. The lowest BCUT2D eigenvalue weighted by molar-refractivity contribution is -0.123. The highest BCUT2D eigenvalue weighted by Gasteiger charge is 2.59. The molecule has 3 aromatic rings. The first-order valence-corrected chi connectivity index (χ1v) is 12.1. The molecule has 0 spiro atoms. The van der Waals surface area contributed by atoms with E-state index in [9.17, 15) is 24.0 Å². The van der Waals surface area contributed by atoms with Crippen molar-refractivity contribution in [2.24, 2.45) is 23.7 Å². The number of nitrogens with zero attached hydrogens (tertiary/aromatic N) is 1. The first-order chi connectivity index (χ1) is 18.4. The number of allylic oxidation sites excluding steroid dienone is 2. The Labute approximate surface area is 216 Å². The topological polar surface area (TPSA) is 120 Å². The summed E-state index contributed by atoms with van der Waals surface area (Å²) < 4.78 is 15.3. The third-order valence-corrected chi connectivity index (χ3v) is 7.28. The maximum Gasteiger partial charge on any atom is 0.379 e. The van der Waals surface area contributed by atoms with Crippen molar-refractivity contribution in [3.8, 4) is 5.75 Å². The summed E-state index contributed by atoms with van der Waals surface area (Å²) >= 11 is 0. The molecule has 2 heterocycles. The molecule has 0 N–H and O–H groups in total. The Morgan fingerprint density at radius 1 is 0.816 bits per heavy atom. The van der Waals surface area contributed by atoms with Crippen LogP contribution in [0.3, 0.4) is 0 Å². The summed E-state index contributed by atoms with van der Waals surface area (Å²) in [6.45, 7) is -0.492. The van der Waals surface area contributed by atoms with Crippen LogP contribution in [0.2, 0.25) is 0 Å². The molecule has 9 heteroatoms. The number of carbonyl (C=O) groups excluding carboxylic acids is 5. The lowest BCUT2D eigenvalue weighted by Gasteiger charge is -2.17. The average Bonchev–Trinajstić information content (AvgIpc) is 3.73. The molecule has 2 aromatic carbocycles. The van der Waals surface area contributed by atoms with Crippen molar-refractivity contribution >= 4 is 35.2 Å². The quantitative estimate of drug-likeness (QED) is 0.154. The second kappa shape index (κ2) is 9.26. The largest absolute Gasteiger partial charge is 0.457 e. The van der Waals surface area contributed by atoms with Crippen LogP contribution in [0.4, 0.5) is 5.69 Å². The molecule has 4 atom stereocenters. The van der Waals surface area contributed by atoms with Crippen molar-refractivity contribution in [2.75, 3.05) is 11.5 Å². The van der Waals surface area contributed by atoms with E-state index in [0.29, 0.717) is 5.69 Å². The minimum absolute atomic E-state index is 0.0514. The van der Waals surface area contributed by atoms with Gasteiger partial charge in [0.25, 0.3) is 0 Å². The van der Waals surface area contributed by atoms with E-state index in [-0.39, 0.29) is 58.1 Å². The van der Waals surface area contributed by atoms with Crippen LogP contribution in [-0.4, -0.2) is 36.1 Å². The SMILES string of the molecule is O=C(COC(=O)c1ccc(N2C(=O)C3C4C=CC(C4)C3C2=O)cc1)c1ccc(OC(=O)c2ccco2)cc1. The molecular weight excluding hydrogens is 490 g/mol. The number of anilines is 1. The number of esters is 2. The number of furan rings is 1. The molecule has 6 rings (SSSR count). The van der Waals surface area contributed by atoms with E-state index in [0.717, 1.165) is 6.42 Å². The monoisotopic (exact) mass is 511 g/mol. The predicted octanol–water partition coefficient (Wildman–Crippen LogP) is 3.85. The van der Waals surface area contributed by atoms with Crippen LogP contribution in [-0.2, 0) is 14.3 Å². The highest BCUT2D eigenvalue weighted by molar-refractivity contribution is 6.22. The minimum atomic E-state index is -0.716. The summed E-state index contributed by atoms with van der Waals surface area (Å²) in [5.74, 6) is -2.31. The molecule has 2 aliphatic carbocycles. The molecule has 2 fully saturated rings. The van der Waals surface area contributed by atoms with Gasteiger partial charge in [-0.1, -0.05) is 12.2 Å². The highest BCUT2D eigenvalue weighted by Crippen LogP contribution is 2.53. The maximum atomic E-state index is 13.0. The average molecular weight is 511 g/mol. The Morgan fingerprint density at radius 3 is 2.05 bits per heavy atom. The third-order valence-electron chi connectivity index (χ3n) is 7.28. The van der Waals surface area contributed by atoms with Crippen molar-refractivity contribution in [2.45, 2.75) is 6.42 Å². The standard InChI is InChI=1S/C29H21NO8/c31-22(16-7-11-21(12-8-16)38-29(35)23-2-1-13-36-23)15-37-28(34)17-5-9-20(10-6-17)30-26(32)24-18-3-4-19(14-18)25(24)27(30)33/h1-13,18-19,24-25H,14-15H2. The second-order valence-corrected chi connectivity index (χ2v) is 9.45. The molecule has 1 saturated carbocycles. The highest BCUT2D eigenvalue weighted by atomic mass is 16.5. The van der Waals surface area contributed by atoms with Crippen LogP contribution in [0.5, 0.6) is 5.75 Å². The van der Waals surface area contributed by atoms with Crippen molar-refractivity contribution in [1.29, 1.82) is 0 Å². The number of ketones is 1. The van der Waals surface area contributed by atoms with Crippen LogP contribution in [0.15, 0.2) is 83.5 Å².